The van der Waals surface area contributed by atoms with Crippen LogP contribution < -0.4 is 5.32 Å². The minimum Gasteiger partial charge on any atom is -0.359 e. The highest BCUT2D eigenvalue weighted by atomic mass is 32.2. The largest absolute Gasteiger partial charge is 0.359 e. The van der Waals surface area contributed by atoms with Crippen LogP contribution in [0.1, 0.15) is 58.8 Å². The second-order valence-corrected chi connectivity index (χ2v) is 9.46. The summed E-state index contributed by atoms with van der Waals surface area (Å²) in [5.74, 6) is 0.956. The molecule has 0 spiro atoms. The van der Waals surface area contributed by atoms with Crippen LogP contribution >= 0.6 is 0 Å². The number of unbranched alkanes of at least 4 members (excludes halogenated alkanes) is 2. The molecule has 0 saturated heterocycles. The van der Waals surface area contributed by atoms with E-state index in [4.69, 9.17) is 0 Å². The summed E-state index contributed by atoms with van der Waals surface area (Å²) < 4.78 is 22.6. The maximum atomic E-state index is 11.3. The van der Waals surface area contributed by atoms with E-state index in [0.717, 1.165) is 23.1 Å². The van der Waals surface area contributed by atoms with Crippen molar-refractivity contribution in [3.8, 4) is 0 Å². The fourth-order valence-corrected chi connectivity index (χ4v) is 3.68. The predicted octanol–water partition coefficient (Wildman–Crippen LogP) is 5.36. The van der Waals surface area contributed by atoms with Gasteiger partial charge in [-0.25, -0.2) is 8.42 Å². The summed E-state index contributed by atoms with van der Waals surface area (Å²) in [4.78, 5) is 11.3. The first-order chi connectivity index (χ1) is 13.3. The fraction of sp³-hybridized carbons (Fsp3) is 0.522. The average molecular weight is 406 g/mol. The van der Waals surface area contributed by atoms with Gasteiger partial charge in [-0.2, -0.15) is 0 Å². The lowest BCUT2D eigenvalue weighted by atomic mass is 9.97. The predicted molar refractivity (Wildman–Crippen MR) is 118 cm³/mol. The van der Waals surface area contributed by atoms with Crippen LogP contribution in [-0.4, -0.2) is 27.6 Å². The van der Waals surface area contributed by atoms with Gasteiger partial charge in [-0.05, 0) is 35.2 Å². The number of hydrogen-bond donors (Lipinski definition) is 1. The van der Waals surface area contributed by atoms with Crippen molar-refractivity contribution in [3.63, 3.8) is 0 Å². The van der Waals surface area contributed by atoms with Gasteiger partial charge < -0.3 is 5.32 Å². The van der Waals surface area contributed by atoms with E-state index in [9.17, 15) is 13.2 Å². The summed E-state index contributed by atoms with van der Waals surface area (Å²) in [5, 5.41) is 4.66. The number of benzene rings is 2. The monoisotopic (exact) mass is 405 g/mol. The Labute approximate surface area is 170 Å². The van der Waals surface area contributed by atoms with Crippen molar-refractivity contribution in [1.82, 2.24) is 5.32 Å². The first-order valence-electron chi connectivity index (χ1n) is 10.2. The lowest BCUT2D eigenvalue weighted by Gasteiger charge is -2.09. The van der Waals surface area contributed by atoms with Gasteiger partial charge in [0.1, 0.15) is 0 Å². The molecule has 4 nitrogen and oxygen atoms in total. The van der Waals surface area contributed by atoms with Gasteiger partial charge in [0.15, 0.2) is 9.84 Å². The van der Waals surface area contributed by atoms with Crippen molar-refractivity contribution in [2.24, 2.45) is 5.92 Å². The molecule has 1 amide bonds. The number of fused-ring (bicyclic) bond motifs is 1. The van der Waals surface area contributed by atoms with E-state index in [-0.39, 0.29) is 5.91 Å². The average Bonchev–Trinajstić information content (AvgIpc) is 2.67. The minimum absolute atomic E-state index is 0.172. The van der Waals surface area contributed by atoms with Gasteiger partial charge in [-0.1, -0.05) is 76.3 Å². The molecule has 0 heterocycles. The summed E-state index contributed by atoms with van der Waals surface area (Å²) in [6.45, 7) is 4.52. The molecule has 0 fully saturated rings. The topological polar surface area (TPSA) is 63.2 Å². The Bertz CT molecular complexity index is 831. The Kier molecular flexibility index (Phi) is 10.8. The van der Waals surface area contributed by atoms with Crippen molar-refractivity contribution in [2.45, 2.75) is 63.7 Å². The second kappa shape index (κ2) is 12.6. The lowest BCUT2D eigenvalue weighted by molar-refractivity contribution is -0.120. The van der Waals surface area contributed by atoms with Gasteiger partial charge in [-0.3, -0.25) is 4.79 Å². The minimum atomic E-state index is -3.09. The molecule has 0 aromatic heterocycles. The zero-order valence-corrected chi connectivity index (χ0v) is 18.5. The van der Waals surface area contributed by atoms with Gasteiger partial charge in [0.2, 0.25) is 5.91 Å². The molecule has 0 aliphatic heterocycles. The summed E-state index contributed by atoms with van der Waals surface area (Å²) in [6, 6.07) is 12.9. The molecule has 0 bridgehead atoms. The molecule has 1 N–H and O–H groups in total. The van der Waals surface area contributed by atoms with Gasteiger partial charge in [0, 0.05) is 19.7 Å². The number of rotatable bonds is 9. The lowest BCUT2D eigenvalue weighted by Crippen LogP contribution is -2.17. The molecule has 2 aromatic carbocycles. The third kappa shape index (κ3) is 9.36. The number of carbonyl (C=O) groups excluding carboxylic acids is 1. The SMILES string of the molecule is CCCCCC(C)CCCC(=O)NC.CS(=O)(=O)c1ccc2ccccc2c1. The van der Waals surface area contributed by atoms with E-state index in [1.54, 1.807) is 19.2 Å². The molecular formula is C23H35NO3S. The second-order valence-electron chi connectivity index (χ2n) is 7.45. The highest BCUT2D eigenvalue weighted by Crippen LogP contribution is 2.18. The van der Waals surface area contributed by atoms with Crippen molar-refractivity contribution in [1.29, 1.82) is 0 Å². The third-order valence-corrected chi connectivity index (χ3v) is 5.94. The zero-order chi connectivity index (χ0) is 21.0. The molecule has 156 valence electrons. The first-order valence-corrected chi connectivity index (χ1v) is 12.1. The first kappa shape index (κ1) is 24.2. The third-order valence-electron chi connectivity index (χ3n) is 4.83. The number of sulfone groups is 1. The molecule has 1 unspecified atom stereocenters. The van der Waals surface area contributed by atoms with Crippen LogP contribution in [0, 0.1) is 5.92 Å². The maximum absolute atomic E-state index is 11.3. The van der Waals surface area contributed by atoms with Crippen LogP contribution in [0.3, 0.4) is 0 Å². The fourth-order valence-electron chi connectivity index (χ4n) is 3.02. The van der Waals surface area contributed by atoms with E-state index in [2.05, 4.69) is 19.2 Å². The van der Waals surface area contributed by atoms with Gasteiger partial charge in [-0.15, -0.1) is 0 Å². The van der Waals surface area contributed by atoms with Gasteiger partial charge in [0.25, 0.3) is 0 Å². The molecule has 0 aliphatic rings. The van der Waals surface area contributed by atoms with Gasteiger partial charge >= 0.3 is 0 Å². The van der Waals surface area contributed by atoms with Crippen molar-refractivity contribution >= 4 is 26.5 Å². The molecule has 0 radical (unpaired) electrons. The van der Waals surface area contributed by atoms with E-state index < -0.39 is 9.84 Å². The van der Waals surface area contributed by atoms with Crippen LogP contribution in [0.4, 0.5) is 0 Å². The summed E-state index contributed by atoms with van der Waals surface area (Å²) in [5.41, 5.74) is 0. The van der Waals surface area contributed by atoms with Crippen LogP contribution in [-0.2, 0) is 14.6 Å². The molecule has 2 rings (SSSR count). The van der Waals surface area contributed by atoms with Crippen LogP contribution in [0.5, 0.6) is 0 Å². The van der Waals surface area contributed by atoms with Crippen molar-refractivity contribution in [2.75, 3.05) is 13.3 Å². The molecule has 2 aromatic rings. The standard InChI is InChI=1S/C12H25NO.C11H10O2S/c1-4-5-6-8-11(2)9-7-10-12(14)13-3;1-14(12,13)11-7-6-9-4-2-3-5-10(9)8-11/h11H,4-10H2,1-3H3,(H,13,14);2-8H,1H3. The molecule has 5 heteroatoms. The molecule has 0 saturated carbocycles. The number of nitrogens with one attached hydrogen (secondary N) is 1. The Balaban J connectivity index is 0.000000280. The number of carbonyl (C=O) groups is 1. The van der Waals surface area contributed by atoms with Gasteiger partial charge in [0.05, 0.1) is 4.90 Å². The van der Waals surface area contributed by atoms with Crippen LogP contribution in [0.2, 0.25) is 0 Å². The summed E-state index contributed by atoms with van der Waals surface area (Å²) in [7, 11) is -1.39. The number of amides is 1. The van der Waals surface area contributed by atoms with Crippen LogP contribution in [0.25, 0.3) is 10.8 Å². The van der Waals surface area contributed by atoms with E-state index >= 15 is 0 Å². The Morgan fingerprint density at radius 3 is 2.25 bits per heavy atom. The molecular weight excluding hydrogens is 370 g/mol. The van der Waals surface area contributed by atoms with Crippen molar-refractivity contribution in [3.05, 3.63) is 42.5 Å². The Hall–Kier alpha value is -1.88. The number of hydrogen-bond acceptors (Lipinski definition) is 3. The van der Waals surface area contributed by atoms with Crippen molar-refractivity contribution < 1.29 is 13.2 Å². The molecule has 0 aliphatic carbocycles. The van der Waals surface area contributed by atoms with E-state index in [1.165, 1.54) is 38.4 Å². The molecule has 1 atom stereocenters. The Morgan fingerprint density at radius 1 is 1.00 bits per heavy atom. The summed E-state index contributed by atoms with van der Waals surface area (Å²) >= 11 is 0. The zero-order valence-electron chi connectivity index (χ0n) is 17.7. The highest BCUT2D eigenvalue weighted by molar-refractivity contribution is 7.90. The molecule has 28 heavy (non-hydrogen) atoms. The normalized spacial score (nSPS) is 12.1. The Morgan fingerprint density at radius 2 is 1.64 bits per heavy atom. The highest BCUT2D eigenvalue weighted by Gasteiger charge is 2.06. The van der Waals surface area contributed by atoms with Crippen LogP contribution in [0.15, 0.2) is 47.4 Å². The van der Waals surface area contributed by atoms with E-state index in [0.29, 0.717) is 11.3 Å². The quantitative estimate of drug-likeness (QED) is 0.571. The summed E-state index contributed by atoms with van der Waals surface area (Å²) in [6.07, 6.45) is 9.44. The van der Waals surface area contributed by atoms with E-state index in [1.807, 2.05) is 30.3 Å². The smallest absolute Gasteiger partial charge is 0.219 e. The maximum Gasteiger partial charge on any atom is 0.219 e.